The van der Waals surface area contributed by atoms with Gasteiger partial charge in [0, 0.05) is 23.9 Å². The summed E-state index contributed by atoms with van der Waals surface area (Å²) < 4.78 is 2.39. The number of fused-ring (bicyclic) bond motifs is 3. The first-order valence-electron chi connectivity index (χ1n) is 10.2. The van der Waals surface area contributed by atoms with E-state index in [1.54, 1.807) is 0 Å². The van der Waals surface area contributed by atoms with Crippen molar-refractivity contribution in [1.29, 1.82) is 0 Å². The second-order valence-corrected chi connectivity index (χ2v) is 8.38. The van der Waals surface area contributed by atoms with Gasteiger partial charge in [-0.05, 0) is 52.6 Å². The number of unbranched alkanes of at least 4 members (excludes halogenated alkanes) is 2. The lowest BCUT2D eigenvalue weighted by Gasteiger charge is -2.20. The van der Waals surface area contributed by atoms with Crippen molar-refractivity contribution in [3.8, 4) is 0 Å². The number of nitrogens with one attached hydrogen (secondary N) is 1. The highest BCUT2D eigenvalue weighted by Gasteiger charge is 2.17. The molecule has 3 rings (SSSR count). The van der Waals surface area contributed by atoms with E-state index in [0.717, 1.165) is 73.0 Å². The predicted molar refractivity (Wildman–Crippen MR) is 115 cm³/mol. The maximum atomic E-state index is 6.26. The van der Waals surface area contributed by atoms with Crippen LogP contribution in [0.3, 0.4) is 0 Å². The fourth-order valence-corrected chi connectivity index (χ4v) is 3.53. The van der Waals surface area contributed by atoms with Crippen molar-refractivity contribution < 1.29 is 0 Å². The molecule has 146 valence electrons. The molecule has 2 heterocycles. The first-order chi connectivity index (χ1) is 12.9. The number of anilines is 1. The van der Waals surface area contributed by atoms with Crippen LogP contribution in [0.1, 0.15) is 59.2 Å². The minimum Gasteiger partial charge on any atom is -0.382 e. The fourth-order valence-electron chi connectivity index (χ4n) is 3.53. The normalized spacial score (nSPS) is 12.3. The Morgan fingerprint density at radius 2 is 1.85 bits per heavy atom. The first kappa shape index (κ1) is 19.6. The number of nitrogens with zero attached hydrogens (tertiary/aromatic N) is 3. The summed E-state index contributed by atoms with van der Waals surface area (Å²) in [4.78, 5) is 9.47. The number of imidazole rings is 1. The standard InChI is InChI=1S/C22H33N5/c1-5-6-13-18-26-19-20(16-11-7-8-12-17(16)25-21(19)23)27(18)15-10-9-14-24-22(2,3)4/h7-8,11-12,24H,5-6,9-10,13-15H2,1-4H3,(H2,23,25). The van der Waals surface area contributed by atoms with Crippen LogP contribution in [0.25, 0.3) is 21.9 Å². The number of hydrogen-bond donors (Lipinski definition) is 2. The number of para-hydroxylation sites is 1. The average molecular weight is 368 g/mol. The summed E-state index contributed by atoms with van der Waals surface area (Å²) in [7, 11) is 0. The average Bonchev–Trinajstić information content (AvgIpc) is 2.98. The van der Waals surface area contributed by atoms with E-state index in [2.05, 4.69) is 54.7 Å². The molecule has 5 heteroatoms. The van der Waals surface area contributed by atoms with Crippen molar-refractivity contribution >= 4 is 27.8 Å². The van der Waals surface area contributed by atoms with Crippen LogP contribution < -0.4 is 11.1 Å². The molecule has 5 nitrogen and oxygen atoms in total. The first-order valence-corrected chi connectivity index (χ1v) is 10.2. The summed E-state index contributed by atoms with van der Waals surface area (Å²) in [6.45, 7) is 10.8. The number of pyridine rings is 1. The van der Waals surface area contributed by atoms with Crippen molar-refractivity contribution in [2.75, 3.05) is 12.3 Å². The smallest absolute Gasteiger partial charge is 0.152 e. The maximum absolute atomic E-state index is 6.26. The summed E-state index contributed by atoms with van der Waals surface area (Å²) in [6.07, 6.45) is 5.54. The van der Waals surface area contributed by atoms with Crippen molar-refractivity contribution in [2.45, 2.75) is 71.9 Å². The Morgan fingerprint density at radius 1 is 1.07 bits per heavy atom. The molecule has 0 amide bonds. The lowest BCUT2D eigenvalue weighted by atomic mass is 10.1. The van der Waals surface area contributed by atoms with E-state index in [-0.39, 0.29) is 5.54 Å². The van der Waals surface area contributed by atoms with Gasteiger partial charge in [0.2, 0.25) is 0 Å². The van der Waals surface area contributed by atoms with Crippen molar-refractivity contribution in [1.82, 2.24) is 19.9 Å². The third-order valence-corrected chi connectivity index (χ3v) is 4.91. The number of aromatic nitrogens is 3. The summed E-state index contributed by atoms with van der Waals surface area (Å²) in [5, 5.41) is 4.72. The molecule has 0 aliphatic rings. The molecule has 3 N–H and O–H groups in total. The van der Waals surface area contributed by atoms with Gasteiger partial charge in [0.05, 0.1) is 11.0 Å². The number of benzene rings is 1. The summed E-state index contributed by atoms with van der Waals surface area (Å²) in [6, 6.07) is 8.24. The highest BCUT2D eigenvalue weighted by Crippen LogP contribution is 2.29. The van der Waals surface area contributed by atoms with Crippen molar-refractivity contribution in [3.63, 3.8) is 0 Å². The SMILES string of the molecule is CCCCc1nc2c(N)nc3ccccc3c2n1CCCCNC(C)(C)C. The van der Waals surface area contributed by atoms with Crippen LogP contribution in [0.15, 0.2) is 24.3 Å². The maximum Gasteiger partial charge on any atom is 0.152 e. The molecule has 3 aromatic rings. The zero-order chi connectivity index (χ0) is 19.4. The molecule has 0 spiro atoms. The molecule has 0 atom stereocenters. The number of rotatable bonds is 8. The quantitative estimate of drug-likeness (QED) is 0.567. The molecule has 0 aliphatic heterocycles. The monoisotopic (exact) mass is 367 g/mol. The minimum atomic E-state index is 0.171. The minimum absolute atomic E-state index is 0.171. The molecule has 2 aromatic heterocycles. The Hall–Kier alpha value is -2.14. The van der Waals surface area contributed by atoms with Crippen LogP contribution in [0.4, 0.5) is 5.82 Å². The van der Waals surface area contributed by atoms with Crippen LogP contribution in [-0.2, 0) is 13.0 Å². The Labute approximate surface area is 162 Å². The molecule has 0 aliphatic carbocycles. The molecule has 0 radical (unpaired) electrons. The van der Waals surface area contributed by atoms with E-state index in [4.69, 9.17) is 10.7 Å². The number of nitrogens with two attached hydrogens (primary N) is 1. The number of aryl methyl sites for hydroxylation is 2. The topological polar surface area (TPSA) is 68.8 Å². The Bertz CT molecular complexity index is 904. The third-order valence-electron chi connectivity index (χ3n) is 4.91. The van der Waals surface area contributed by atoms with Crippen LogP contribution in [0.5, 0.6) is 0 Å². The van der Waals surface area contributed by atoms with Gasteiger partial charge in [0.1, 0.15) is 11.3 Å². The largest absolute Gasteiger partial charge is 0.382 e. The van der Waals surface area contributed by atoms with Crippen LogP contribution in [-0.4, -0.2) is 26.6 Å². The predicted octanol–water partition coefficient (Wildman–Crippen LogP) is 4.68. The van der Waals surface area contributed by atoms with Crippen LogP contribution >= 0.6 is 0 Å². The van der Waals surface area contributed by atoms with Crippen LogP contribution in [0.2, 0.25) is 0 Å². The molecule has 0 saturated heterocycles. The van der Waals surface area contributed by atoms with Crippen molar-refractivity contribution in [3.05, 3.63) is 30.1 Å². The highest BCUT2D eigenvalue weighted by molar-refractivity contribution is 6.06. The third kappa shape index (κ3) is 4.59. The van der Waals surface area contributed by atoms with E-state index in [9.17, 15) is 0 Å². The zero-order valence-corrected chi connectivity index (χ0v) is 17.2. The molecular weight excluding hydrogens is 334 g/mol. The Kier molecular flexibility index (Phi) is 6.00. The van der Waals surface area contributed by atoms with Gasteiger partial charge in [0.25, 0.3) is 0 Å². The molecule has 1 aromatic carbocycles. The fraction of sp³-hybridized carbons (Fsp3) is 0.545. The zero-order valence-electron chi connectivity index (χ0n) is 17.2. The molecule has 0 fully saturated rings. The van der Waals surface area contributed by atoms with Gasteiger partial charge in [-0.1, -0.05) is 31.5 Å². The summed E-state index contributed by atoms with van der Waals surface area (Å²) in [5.41, 5.74) is 9.38. The lowest BCUT2D eigenvalue weighted by Crippen LogP contribution is -2.36. The molecule has 0 unspecified atom stereocenters. The van der Waals surface area contributed by atoms with Gasteiger partial charge in [-0.3, -0.25) is 0 Å². The van der Waals surface area contributed by atoms with E-state index >= 15 is 0 Å². The second-order valence-electron chi connectivity index (χ2n) is 8.38. The van der Waals surface area contributed by atoms with Gasteiger partial charge in [-0.2, -0.15) is 0 Å². The van der Waals surface area contributed by atoms with E-state index in [1.165, 1.54) is 0 Å². The summed E-state index contributed by atoms with van der Waals surface area (Å²) in [5.74, 6) is 1.68. The van der Waals surface area contributed by atoms with Crippen LogP contribution in [0, 0.1) is 0 Å². The summed E-state index contributed by atoms with van der Waals surface area (Å²) >= 11 is 0. The van der Waals surface area contributed by atoms with E-state index in [1.807, 2.05) is 12.1 Å². The van der Waals surface area contributed by atoms with Gasteiger partial charge < -0.3 is 15.6 Å². The van der Waals surface area contributed by atoms with E-state index < -0.39 is 0 Å². The Balaban J connectivity index is 1.92. The van der Waals surface area contributed by atoms with E-state index in [0.29, 0.717) is 5.82 Å². The highest BCUT2D eigenvalue weighted by atomic mass is 15.1. The molecular formula is C22H33N5. The number of hydrogen-bond acceptors (Lipinski definition) is 4. The van der Waals surface area contributed by atoms with Gasteiger partial charge >= 0.3 is 0 Å². The molecule has 0 bridgehead atoms. The van der Waals surface area contributed by atoms with Gasteiger partial charge in [-0.25, -0.2) is 9.97 Å². The van der Waals surface area contributed by atoms with Gasteiger partial charge in [-0.15, -0.1) is 0 Å². The molecule has 27 heavy (non-hydrogen) atoms. The van der Waals surface area contributed by atoms with Gasteiger partial charge in [0.15, 0.2) is 5.82 Å². The lowest BCUT2D eigenvalue weighted by molar-refractivity contribution is 0.414. The number of nitrogen functional groups attached to an aromatic ring is 1. The van der Waals surface area contributed by atoms with Crippen molar-refractivity contribution in [2.24, 2.45) is 0 Å². The Morgan fingerprint density at radius 3 is 2.59 bits per heavy atom. The second kappa shape index (κ2) is 8.26. The molecule has 0 saturated carbocycles.